The fraction of sp³-hybridized carbons (Fsp3) is 0.364. The van der Waals surface area contributed by atoms with E-state index in [1.54, 1.807) is 23.5 Å². The maximum Gasteiger partial charge on any atom is 0.312 e. The molecule has 3 nitrogen and oxygen atoms in total. The first kappa shape index (κ1) is 13.4. The average Bonchev–Trinajstić information content (AvgIpc) is 2.29. The van der Waals surface area contributed by atoms with Crippen LogP contribution in [0.25, 0.3) is 0 Å². The smallest absolute Gasteiger partial charge is 0.312 e. The van der Waals surface area contributed by atoms with E-state index in [9.17, 15) is 4.79 Å². The lowest BCUT2D eigenvalue weighted by molar-refractivity contribution is -0.138. The second-order valence-corrected chi connectivity index (χ2v) is 4.87. The molecule has 1 unspecified atom stereocenters. The van der Waals surface area contributed by atoms with E-state index in [-0.39, 0.29) is 6.54 Å². The zero-order chi connectivity index (χ0) is 12.1. The third-order valence-corrected chi connectivity index (χ3v) is 4.12. The molecule has 0 amide bonds. The predicted molar refractivity (Wildman–Crippen MR) is 69.4 cm³/mol. The largest absolute Gasteiger partial charge is 0.481 e. The minimum Gasteiger partial charge on any atom is -0.481 e. The van der Waals surface area contributed by atoms with Crippen molar-refractivity contribution in [2.75, 3.05) is 19.1 Å². The average molecular weight is 257 g/mol. The van der Waals surface area contributed by atoms with Crippen molar-refractivity contribution in [3.8, 4) is 0 Å². The molecule has 0 aliphatic rings. The highest BCUT2D eigenvalue weighted by Crippen LogP contribution is 2.34. The predicted octanol–water partition coefficient (Wildman–Crippen LogP) is 2.26. The molecule has 1 aromatic rings. The molecular weight excluding hydrogens is 242 g/mol. The summed E-state index contributed by atoms with van der Waals surface area (Å²) in [6, 6.07) is 5.72. The van der Waals surface area contributed by atoms with Crippen LogP contribution in [0.1, 0.15) is 11.5 Å². The Hall–Kier alpha value is -0.650. The monoisotopic (exact) mass is 257 g/mol. The van der Waals surface area contributed by atoms with E-state index in [1.165, 1.54) is 0 Å². The molecule has 5 heteroatoms. The number of carboxylic acid groups (broad SMARTS) is 1. The summed E-state index contributed by atoms with van der Waals surface area (Å²) in [5.41, 5.74) is 6.34. The molecule has 0 saturated heterocycles. The summed E-state index contributed by atoms with van der Waals surface area (Å²) in [5.74, 6) is -1.48. The molecule has 0 aliphatic carbocycles. The SMILES string of the molecule is CSc1cccc(C(CN)C(=O)O)c1SC. The van der Waals surface area contributed by atoms with Gasteiger partial charge in [0, 0.05) is 16.3 Å². The second-order valence-electron chi connectivity index (χ2n) is 3.21. The first-order chi connectivity index (χ1) is 7.65. The maximum absolute atomic E-state index is 11.1. The van der Waals surface area contributed by atoms with Crippen LogP contribution in [-0.2, 0) is 4.79 Å². The van der Waals surface area contributed by atoms with E-state index in [0.29, 0.717) is 0 Å². The van der Waals surface area contributed by atoms with Gasteiger partial charge < -0.3 is 10.8 Å². The third-order valence-electron chi connectivity index (χ3n) is 2.34. The molecule has 0 aromatic heterocycles. The van der Waals surface area contributed by atoms with Gasteiger partial charge >= 0.3 is 5.97 Å². The molecule has 0 radical (unpaired) electrons. The highest BCUT2D eigenvalue weighted by Gasteiger charge is 2.22. The molecule has 0 heterocycles. The molecule has 3 N–H and O–H groups in total. The number of nitrogens with two attached hydrogens (primary N) is 1. The van der Waals surface area contributed by atoms with Crippen molar-refractivity contribution < 1.29 is 9.90 Å². The first-order valence-electron chi connectivity index (χ1n) is 4.79. The summed E-state index contributed by atoms with van der Waals surface area (Å²) in [5, 5.41) is 9.11. The summed E-state index contributed by atoms with van der Waals surface area (Å²) in [6.07, 6.45) is 3.94. The van der Waals surface area contributed by atoms with Crippen LogP contribution in [0.15, 0.2) is 28.0 Å². The molecule has 1 rings (SSSR count). The third kappa shape index (κ3) is 2.72. The van der Waals surface area contributed by atoms with Gasteiger partial charge in [-0.3, -0.25) is 4.79 Å². The minimum absolute atomic E-state index is 0.126. The Labute approximate surface area is 104 Å². The summed E-state index contributed by atoms with van der Waals surface area (Å²) in [4.78, 5) is 13.2. The highest BCUT2D eigenvalue weighted by molar-refractivity contribution is 8.01. The van der Waals surface area contributed by atoms with E-state index in [2.05, 4.69) is 0 Å². The van der Waals surface area contributed by atoms with Gasteiger partial charge in [-0.2, -0.15) is 0 Å². The normalized spacial score (nSPS) is 12.4. The van der Waals surface area contributed by atoms with Crippen molar-refractivity contribution in [2.45, 2.75) is 15.7 Å². The number of hydrogen-bond donors (Lipinski definition) is 2. The van der Waals surface area contributed by atoms with E-state index in [4.69, 9.17) is 10.8 Å². The lowest BCUT2D eigenvalue weighted by Crippen LogP contribution is -2.21. The Morgan fingerprint density at radius 1 is 1.44 bits per heavy atom. The summed E-state index contributed by atoms with van der Waals surface area (Å²) < 4.78 is 0. The zero-order valence-corrected chi connectivity index (χ0v) is 10.9. The van der Waals surface area contributed by atoms with Crippen LogP contribution < -0.4 is 5.73 Å². The van der Waals surface area contributed by atoms with E-state index < -0.39 is 11.9 Å². The fourth-order valence-corrected chi connectivity index (χ4v) is 3.28. The van der Waals surface area contributed by atoms with Crippen LogP contribution in [-0.4, -0.2) is 30.1 Å². The number of aliphatic carboxylic acids is 1. The summed E-state index contributed by atoms with van der Waals surface area (Å²) >= 11 is 3.19. The lowest BCUT2D eigenvalue weighted by atomic mass is 9.99. The van der Waals surface area contributed by atoms with Gasteiger partial charge in [0.2, 0.25) is 0 Å². The standard InChI is InChI=1S/C11H15NO2S2/c1-15-9-5-3-4-7(10(9)16-2)8(6-12)11(13)14/h3-5,8H,6,12H2,1-2H3,(H,13,14). The zero-order valence-electron chi connectivity index (χ0n) is 9.27. The van der Waals surface area contributed by atoms with Gasteiger partial charge in [0.15, 0.2) is 0 Å². The Kier molecular flexibility index (Phi) is 5.18. The number of carbonyl (C=O) groups is 1. The van der Waals surface area contributed by atoms with Crippen molar-refractivity contribution in [1.29, 1.82) is 0 Å². The number of carboxylic acids is 1. The molecule has 0 spiro atoms. The Bertz CT molecular complexity index is 382. The van der Waals surface area contributed by atoms with Crippen LogP contribution in [0.4, 0.5) is 0 Å². The number of rotatable bonds is 5. The van der Waals surface area contributed by atoms with Crippen LogP contribution in [0.2, 0.25) is 0 Å². The van der Waals surface area contributed by atoms with Crippen molar-refractivity contribution in [1.82, 2.24) is 0 Å². The summed E-state index contributed by atoms with van der Waals surface area (Å²) in [6.45, 7) is 0.126. The molecule has 1 atom stereocenters. The van der Waals surface area contributed by atoms with Gasteiger partial charge in [0.05, 0.1) is 5.92 Å². The van der Waals surface area contributed by atoms with Gasteiger partial charge in [0.1, 0.15) is 0 Å². The quantitative estimate of drug-likeness (QED) is 0.792. The van der Waals surface area contributed by atoms with Gasteiger partial charge in [0.25, 0.3) is 0 Å². The molecule has 0 aliphatic heterocycles. The Morgan fingerprint density at radius 2 is 2.12 bits per heavy atom. The van der Waals surface area contributed by atoms with Gasteiger partial charge in [-0.1, -0.05) is 12.1 Å². The van der Waals surface area contributed by atoms with Crippen LogP contribution in [0, 0.1) is 0 Å². The van der Waals surface area contributed by atoms with Crippen molar-refractivity contribution in [2.24, 2.45) is 5.73 Å². The van der Waals surface area contributed by atoms with Crippen LogP contribution in [0.5, 0.6) is 0 Å². The molecule has 16 heavy (non-hydrogen) atoms. The number of thioether (sulfide) groups is 2. The molecule has 0 fully saturated rings. The van der Waals surface area contributed by atoms with Gasteiger partial charge in [-0.15, -0.1) is 23.5 Å². The van der Waals surface area contributed by atoms with Crippen molar-refractivity contribution in [3.63, 3.8) is 0 Å². The van der Waals surface area contributed by atoms with Crippen LogP contribution >= 0.6 is 23.5 Å². The fourth-order valence-electron chi connectivity index (χ4n) is 1.55. The summed E-state index contributed by atoms with van der Waals surface area (Å²) in [7, 11) is 0. The van der Waals surface area contributed by atoms with E-state index in [0.717, 1.165) is 15.4 Å². The van der Waals surface area contributed by atoms with Crippen molar-refractivity contribution in [3.05, 3.63) is 23.8 Å². The first-order valence-corrected chi connectivity index (χ1v) is 7.24. The molecule has 0 bridgehead atoms. The highest BCUT2D eigenvalue weighted by atomic mass is 32.2. The maximum atomic E-state index is 11.1. The Balaban J connectivity index is 3.25. The lowest BCUT2D eigenvalue weighted by Gasteiger charge is -2.16. The van der Waals surface area contributed by atoms with E-state index >= 15 is 0 Å². The van der Waals surface area contributed by atoms with Gasteiger partial charge in [-0.05, 0) is 24.1 Å². The molecule has 88 valence electrons. The van der Waals surface area contributed by atoms with Gasteiger partial charge in [-0.25, -0.2) is 0 Å². The Morgan fingerprint density at radius 3 is 2.56 bits per heavy atom. The second kappa shape index (κ2) is 6.18. The number of benzene rings is 1. The minimum atomic E-state index is -0.865. The molecular formula is C11H15NO2S2. The van der Waals surface area contributed by atoms with Crippen LogP contribution in [0.3, 0.4) is 0 Å². The molecule has 0 saturated carbocycles. The van der Waals surface area contributed by atoms with Crippen molar-refractivity contribution >= 4 is 29.5 Å². The van der Waals surface area contributed by atoms with E-state index in [1.807, 2.05) is 30.7 Å². The molecule has 1 aromatic carbocycles. The number of hydrogen-bond acceptors (Lipinski definition) is 4. The topological polar surface area (TPSA) is 63.3 Å².